The van der Waals surface area contributed by atoms with E-state index in [1.54, 1.807) is 0 Å². The summed E-state index contributed by atoms with van der Waals surface area (Å²) >= 11 is 0. The average Bonchev–Trinajstić information content (AvgIpc) is 1.61. The van der Waals surface area contributed by atoms with Crippen LogP contribution in [0.5, 0.6) is 0 Å². The number of aliphatic hydroxyl groups is 1. The molecule has 9 nitrogen and oxygen atoms in total. The minimum Gasteiger partial charge on any atom is -0.396 e. The average molecular weight is 224 g/mol. The van der Waals surface area contributed by atoms with Crippen LogP contribution in [0.3, 0.4) is 0 Å². The van der Waals surface area contributed by atoms with Crippen molar-refractivity contribution in [2.45, 2.75) is 13.3 Å². The molecule has 10 heteroatoms. The molecule has 13 heavy (non-hydrogen) atoms. The normalized spacial score (nSPS) is 6.92. The zero-order valence-corrected chi connectivity index (χ0v) is 8.98. The van der Waals surface area contributed by atoms with Gasteiger partial charge in [-0.25, -0.2) is 0 Å². The Morgan fingerprint density at radius 3 is 0.923 bits per heavy atom. The van der Waals surface area contributed by atoms with E-state index in [0.717, 1.165) is 6.42 Å². The van der Waals surface area contributed by atoms with E-state index in [1.807, 2.05) is 6.92 Å². The van der Waals surface area contributed by atoms with E-state index in [4.69, 9.17) is 24.3 Å². The molecule has 0 saturated carbocycles. The molecule has 90 valence electrons. The molecule has 0 aliphatic heterocycles. The van der Waals surface area contributed by atoms with Crippen molar-refractivity contribution in [3.05, 3.63) is 0 Å². The highest BCUT2D eigenvalue weighted by Gasteiger charge is 2.22. The molecule has 0 bridgehead atoms. The van der Waals surface area contributed by atoms with Crippen LogP contribution in [0.15, 0.2) is 0 Å². The van der Waals surface area contributed by atoms with Gasteiger partial charge in [-0.15, -0.1) is 0 Å². The number of hydrogen-bond acceptors (Lipinski definition) is 9. The maximum absolute atomic E-state index is 7.88. The highest BCUT2D eigenvalue weighted by atomic mass is 28.4. The highest BCUT2D eigenvalue weighted by Crippen LogP contribution is 1.67. The lowest BCUT2D eigenvalue weighted by atomic mass is 10.5. The van der Waals surface area contributed by atoms with Gasteiger partial charge in [-0.2, -0.15) is 0 Å². The lowest BCUT2D eigenvalue weighted by Crippen LogP contribution is -2.33. The molecule has 0 aromatic heterocycles. The Kier molecular flexibility index (Phi) is 67.0. The number of rotatable bonds is 1. The summed E-state index contributed by atoms with van der Waals surface area (Å²) in [5, 5.41) is 7.88. The zero-order valence-electron chi connectivity index (χ0n) is 7.98. The molecule has 0 fully saturated rings. The van der Waals surface area contributed by atoms with Gasteiger partial charge in [-0.05, 0) is 6.42 Å². The van der Waals surface area contributed by atoms with E-state index in [-0.39, 0.29) is 24.6 Å². The van der Waals surface area contributed by atoms with E-state index >= 15 is 0 Å². The largest absolute Gasteiger partial charge is 0.668 e. The van der Waals surface area contributed by atoms with Gasteiger partial charge in [0.25, 0.3) is 0 Å². The van der Waals surface area contributed by atoms with E-state index < -0.39 is 9.05 Å². The summed E-state index contributed by atoms with van der Waals surface area (Å²) in [6.07, 6.45) is 0.875. The molecule has 0 atom stereocenters. The van der Waals surface area contributed by atoms with Gasteiger partial charge in [0.05, 0.1) is 0 Å². The van der Waals surface area contributed by atoms with Crippen LogP contribution in [0.2, 0.25) is 0 Å². The number of aliphatic hydroxyl groups excluding tert-OH is 1. The second-order valence-electron chi connectivity index (χ2n) is 1.32. The van der Waals surface area contributed by atoms with Crippen molar-refractivity contribution in [3.63, 3.8) is 0 Å². The fourth-order valence-electron chi connectivity index (χ4n) is 0. The maximum atomic E-state index is 7.88. The second-order valence-corrected chi connectivity index (χ2v) is 2.52. The van der Waals surface area contributed by atoms with Crippen LogP contribution in [0.25, 0.3) is 0 Å². The lowest BCUT2D eigenvalue weighted by Gasteiger charge is -1.91. The molecule has 0 aromatic rings. The molecule has 0 unspecified atom stereocenters. The standard InChI is InChI=1S/C3H8O.4H3N.H4O4Si/c1-2-3-4;;;;;1-5(2,3)4/h4H,2-3H2,1H3;4*1H3;1-4H. The summed E-state index contributed by atoms with van der Waals surface area (Å²) in [6, 6.07) is 0. The zero-order chi connectivity index (χ0) is 7.91. The molecule has 0 aliphatic rings. The third kappa shape index (κ3) is 1570. The van der Waals surface area contributed by atoms with Crippen LogP contribution >= 0.6 is 0 Å². The quantitative estimate of drug-likeness (QED) is 0.233. The minimum atomic E-state index is -4.61. The van der Waals surface area contributed by atoms with Gasteiger partial charge in [0, 0.05) is 6.61 Å². The van der Waals surface area contributed by atoms with Crippen molar-refractivity contribution >= 4 is 9.05 Å². The van der Waals surface area contributed by atoms with Gasteiger partial charge in [-0.1, -0.05) is 6.92 Å². The highest BCUT2D eigenvalue weighted by molar-refractivity contribution is 6.46. The molecule has 0 saturated heterocycles. The van der Waals surface area contributed by atoms with Gasteiger partial charge in [0.1, 0.15) is 0 Å². The summed E-state index contributed by atoms with van der Waals surface area (Å²) in [5.41, 5.74) is 0. The topological polar surface area (TPSA) is 241 Å². The van der Waals surface area contributed by atoms with Gasteiger partial charge in [0.2, 0.25) is 0 Å². The maximum Gasteiger partial charge on any atom is 0.668 e. The molecule has 17 N–H and O–H groups in total. The van der Waals surface area contributed by atoms with Crippen LogP contribution in [0.4, 0.5) is 0 Å². The molecule has 0 spiro atoms. The Hall–Kier alpha value is -0.143. The van der Waals surface area contributed by atoms with Gasteiger partial charge < -0.3 is 48.9 Å². The molecule has 0 aromatic carbocycles. The fraction of sp³-hybridized carbons (Fsp3) is 1.00. The Morgan fingerprint density at radius 2 is 0.923 bits per heavy atom. The van der Waals surface area contributed by atoms with Crippen molar-refractivity contribution in [3.8, 4) is 0 Å². The van der Waals surface area contributed by atoms with Gasteiger partial charge >= 0.3 is 9.05 Å². The molecular weight excluding hydrogens is 200 g/mol. The first kappa shape index (κ1) is 38.4. The first-order valence-electron chi connectivity index (χ1n) is 2.42. The Labute approximate surface area is 78.9 Å². The third-order valence-electron chi connectivity index (χ3n) is 0.224. The predicted molar refractivity (Wildman–Crippen MR) is 52.1 cm³/mol. The molecule has 0 radical (unpaired) electrons. The van der Waals surface area contributed by atoms with E-state index in [2.05, 4.69) is 0 Å². The van der Waals surface area contributed by atoms with Crippen LogP contribution in [-0.2, 0) is 0 Å². The fourth-order valence-corrected chi connectivity index (χ4v) is 0. The Bertz CT molecular complexity index is 54.2. The Morgan fingerprint density at radius 1 is 0.846 bits per heavy atom. The van der Waals surface area contributed by atoms with Crippen molar-refractivity contribution < 1.29 is 24.3 Å². The molecule has 0 heterocycles. The second kappa shape index (κ2) is 22.6. The molecule has 0 rings (SSSR count). The number of hydrogen-bond donors (Lipinski definition) is 9. The van der Waals surface area contributed by atoms with Crippen molar-refractivity contribution in [1.82, 2.24) is 24.6 Å². The van der Waals surface area contributed by atoms with Crippen molar-refractivity contribution in [2.24, 2.45) is 0 Å². The van der Waals surface area contributed by atoms with Crippen molar-refractivity contribution in [1.29, 1.82) is 0 Å². The smallest absolute Gasteiger partial charge is 0.396 e. The van der Waals surface area contributed by atoms with Crippen molar-refractivity contribution in [2.75, 3.05) is 6.61 Å². The van der Waals surface area contributed by atoms with Gasteiger partial charge in [-0.3, -0.25) is 0 Å². The summed E-state index contributed by atoms with van der Waals surface area (Å²) < 4.78 is 0. The van der Waals surface area contributed by atoms with Crippen LogP contribution in [0, 0.1) is 0 Å². The summed E-state index contributed by atoms with van der Waals surface area (Å²) in [4.78, 5) is 29.3. The lowest BCUT2D eigenvalue weighted by molar-refractivity contribution is 0.117. The Balaban J connectivity index is -0.0000000146. The first-order chi connectivity index (χ1) is 3.91. The third-order valence-corrected chi connectivity index (χ3v) is 0.224. The molecule has 0 amide bonds. The molecule has 0 aliphatic carbocycles. The minimum absolute atomic E-state index is 0. The van der Waals surface area contributed by atoms with Crippen LogP contribution in [-0.4, -0.2) is 39.9 Å². The van der Waals surface area contributed by atoms with Crippen LogP contribution in [0.1, 0.15) is 13.3 Å². The van der Waals surface area contributed by atoms with E-state index in [1.165, 1.54) is 0 Å². The summed E-state index contributed by atoms with van der Waals surface area (Å²) in [6.45, 7) is 2.25. The molecular formula is C3H24N4O5Si. The van der Waals surface area contributed by atoms with E-state index in [9.17, 15) is 0 Å². The van der Waals surface area contributed by atoms with Crippen LogP contribution < -0.4 is 24.6 Å². The van der Waals surface area contributed by atoms with E-state index in [0.29, 0.717) is 6.61 Å². The van der Waals surface area contributed by atoms with Gasteiger partial charge in [0.15, 0.2) is 0 Å². The predicted octanol–water partition coefficient (Wildman–Crippen LogP) is -1.57. The summed E-state index contributed by atoms with van der Waals surface area (Å²) in [7, 11) is -4.61. The monoisotopic (exact) mass is 224 g/mol. The first-order valence-corrected chi connectivity index (χ1v) is 4.21. The SMILES string of the molecule is CCCO.N.N.N.N.O[Si](O)(O)O. The summed E-state index contributed by atoms with van der Waals surface area (Å²) in [5.74, 6) is 0.